The van der Waals surface area contributed by atoms with Gasteiger partial charge in [0.2, 0.25) is 0 Å². The van der Waals surface area contributed by atoms with Gasteiger partial charge in [0.05, 0.1) is 18.1 Å². The molecule has 1 saturated heterocycles. The molecule has 6 nitrogen and oxygen atoms in total. The quantitative estimate of drug-likeness (QED) is 0.659. The van der Waals surface area contributed by atoms with Gasteiger partial charge in [-0.2, -0.15) is 0 Å². The molecule has 0 unspecified atom stereocenters. The van der Waals surface area contributed by atoms with Crippen molar-refractivity contribution in [2.75, 3.05) is 24.3 Å². The number of hydrogen-bond donors (Lipinski definition) is 1. The van der Waals surface area contributed by atoms with Gasteiger partial charge >= 0.3 is 0 Å². The molecule has 1 aromatic rings. The van der Waals surface area contributed by atoms with Crippen molar-refractivity contribution in [3.63, 3.8) is 0 Å². The second-order valence-electron chi connectivity index (χ2n) is 3.42. The minimum Gasteiger partial charge on any atom is -0.496 e. The van der Waals surface area contributed by atoms with Crippen LogP contribution in [0, 0.1) is 15.5 Å². The van der Waals surface area contributed by atoms with Gasteiger partial charge in [-0.3, -0.25) is 15.5 Å². The van der Waals surface area contributed by atoms with Gasteiger partial charge in [0, 0.05) is 12.3 Å². The lowest BCUT2D eigenvalue weighted by Crippen LogP contribution is -2.23. The summed E-state index contributed by atoms with van der Waals surface area (Å²) in [4.78, 5) is 12.2. The highest BCUT2D eigenvalue weighted by Gasteiger charge is 2.26. The molecule has 1 N–H and O–H groups in total. The Morgan fingerprint density at radius 2 is 2.35 bits per heavy atom. The molecule has 17 heavy (non-hydrogen) atoms. The molecule has 0 atom stereocenters. The smallest absolute Gasteiger partial charge is 0.296 e. The van der Waals surface area contributed by atoms with Crippen LogP contribution in [0.25, 0.3) is 0 Å². The molecule has 1 aliphatic heterocycles. The number of thioether (sulfide) groups is 1. The summed E-state index contributed by atoms with van der Waals surface area (Å²) in [6.07, 6.45) is 0. The second kappa shape index (κ2) is 4.62. The summed E-state index contributed by atoms with van der Waals surface area (Å²) < 4.78 is 4.97. The molecular weight excluding hydrogens is 242 g/mol. The zero-order chi connectivity index (χ0) is 12.4. The van der Waals surface area contributed by atoms with Crippen LogP contribution in [0.1, 0.15) is 0 Å². The zero-order valence-corrected chi connectivity index (χ0v) is 9.99. The first-order chi connectivity index (χ1) is 8.13. The van der Waals surface area contributed by atoms with Crippen molar-refractivity contribution in [2.45, 2.75) is 0 Å². The Balaban J connectivity index is 2.45. The number of benzene rings is 1. The van der Waals surface area contributed by atoms with E-state index in [0.29, 0.717) is 23.1 Å². The largest absolute Gasteiger partial charge is 0.496 e. The number of hydrogen-bond acceptors (Lipinski definition) is 5. The lowest BCUT2D eigenvalue weighted by Gasteiger charge is -2.16. The summed E-state index contributed by atoms with van der Waals surface area (Å²) in [7, 11) is 1.46. The maximum atomic E-state index is 11.0. The van der Waals surface area contributed by atoms with E-state index in [-0.39, 0.29) is 5.69 Å². The fourth-order valence-electron chi connectivity index (χ4n) is 1.65. The Bertz CT molecular complexity index is 478. The van der Waals surface area contributed by atoms with Crippen molar-refractivity contribution in [1.82, 2.24) is 0 Å². The van der Waals surface area contributed by atoms with Crippen LogP contribution in [0.3, 0.4) is 0 Å². The van der Waals surface area contributed by atoms with E-state index in [1.807, 2.05) is 0 Å². The van der Waals surface area contributed by atoms with Crippen LogP contribution in [-0.2, 0) is 0 Å². The third-order valence-electron chi connectivity index (χ3n) is 2.47. The predicted molar refractivity (Wildman–Crippen MR) is 67.2 cm³/mol. The average molecular weight is 253 g/mol. The third kappa shape index (κ3) is 2.19. The molecular formula is C10H11N3O3S. The molecule has 2 rings (SSSR count). The number of nitro groups is 1. The normalized spacial score (nSPS) is 15.1. The summed E-state index contributed by atoms with van der Waals surface area (Å²) in [6.45, 7) is 0.622. The van der Waals surface area contributed by atoms with Crippen LogP contribution in [-0.4, -0.2) is 29.5 Å². The van der Waals surface area contributed by atoms with E-state index in [1.165, 1.54) is 24.9 Å². The van der Waals surface area contributed by atoms with Crippen LogP contribution in [0.15, 0.2) is 18.2 Å². The summed E-state index contributed by atoms with van der Waals surface area (Å²) in [5.41, 5.74) is 0.419. The van der Waals surface area contributed by atoms with Gasteiger partial charge < -0.3 is 9.64 Å². The summed E-state index contributed by atoms with van der Waals surface area (Å²) >= 11 is 1.39. The minimum atomic E-state index is -0.450. The number of nitro benzene ring substituents is 1. The Morgan fingerprint density at radius 3 is 2.88 bits per heavy atom. The molecule has 7 heteroatoms. The van der Waals surface area contributed by atoms with E-state index in [2.05, 4.69) is 0 Å². The fourth-order valence-corrected chi connectivity index (χ4v) is 2.46. The standard InChI is InChI=1S/C10H11N3O3S/c1-16-7-2-3-8(9(6-7)13(14)15)12-4-5-17-10(12)11/h2-3,6,11H,4-5H2,1H3. The lowest BCUT2D eigenvalue weighted by atomic mass is 10.2. The van der Waals surface area contributed by atoms with Gasteiger partial charge in [0.1, 0.15) is 11.4 Å². The van der Waals surface area contributed by atoms with Gasteiger partial charge in [0.15, 0.2) is 5.17 Å². The average Bonchev–Trinajstić information content (AvgIpc) is 2.74. The second-order valence-corrected chi connectivity index (χ2v) is 4.50. The molecule has 0 spiro atoms. The van der Waals surface area contributed by atoms with Crippen LogP contribution in [0.4, 0.5) is 11.4 Å². The topological polar surface area (TPSA) is 79.5 Å². The van der Waals surface area contributed by atoms with E-state index in [9.17, 15) is 10.1 Å². The predicted octanol–water partition coefficient (Wildman–Crippen LogP) is 2.09. The molecule has 1 aliphatic rings. The number of amidine groups is 1. The number of nitrogens with zero attached hydrogens (tertiary/aromatic N) is 2. The van der Waals surface area contributed by atoms with Crippen molar-refractivity contribution < 1.29 is 9.66 Å². The van der Waals surface area contributed by atoms with Crippen molar-refractivity contribution in [3.05, 3.63) is 28.3 Å². The van der Waals surface area contributed by atoms with Crippen molar-refractivity contribution in [3.8, 4) is 5.75 Å². The summed E-state index contributed by atoms with van der Waals surface area (Å²) in [5, 5.41) is 19.1. The maximum absolute atomic E-state index is 11.0. The van der Waals surface area contributed by atoms with E-state index >= 15 is 0 Å². The highest BCUT2D eigenvalue weighted by Crippen LogP contribution is 2.35. The van der Waals surface area contributed by atoms with E-state index in [4.69, 9.17) is 10.1 Å². The van der Waals surface area contributed by atoms with Crippen molar-refractivity contribution in [1.29, 1.82) is 5.41 Å². The molecule has 0 aliphatic carbocycles. The Morgan fingerprint density at radius 1 is 1.59 bits per heavy atom. The van der Waals surface area contributed by atoms with E-state index in [1.54, 1.807) is 17.0 Å². The van der Waals surface area contributed by atoms with Gasteiger partial charge in [0.25, 0.3) is 5.69 Å². The number of anilines is 1. The molecule has 1 fully saturated rings. The first-order valence-electron chi connectivity index (χ1n) is 4.95. The number of nitrogens with one attached hydrogen (secondary N) is 1. The minimum absolute atomic E-state index is 0.0309. The van der Waals surface area contributed by atoms with Gasteiger partial charge in [-0.05, 0) is 12.1 Å². The van der Waals surface area contributed by atoms with E-state index < -0.39 is 4.92 Å². The van der Waals surface area contributed by atoms with Gasteiger partial charge in [-0.15, -0.1) is 0 Å². The Kier molecular flexibility index (Phi) is 3.19. The Hall–Kier alpha value is -1.76. The Labute approximate surface area is 102 Å². The molecule has 90 valence electrons. The van der Waals surface area contributed by atoms with Crippen LogP contribution < -0.4 is 9.64 Å². The van der Waals surface area contributed by atoms with E-state index in [0.717, 1.165) is 5.75 Å². The fraction of sp³-hybridized carbons (Fsp3) is 0.300. The van der Waals surface area contributed by atoms with Gasteiger partial charge in [-0.1, -0.05) is 11.8 Å². The summed E-state index contributed by atoms with van der Waals surface area (Å²) in [6, 6.07) is 4.67. The molecule has 1 heterocycles. The molecule has 0 bridgehead atoms. The van der Waals surface area contributed by atoms with Crippen molar-refractivity contribution >= 4 is 28.3 Å². The summed E-state index contributed by atoms with van der Waals surface area (Å²) in [5.74, 6) is 1.22. The molecule has 0 saturated carbocycles. The highest BCUT2D eigenvalue weighted by molar-refractivity contribution is 8.14. The molecule has 0 aromatic heterocycles. The lowest BCUT2D eigenvalue weighted by molar-refractivity contribution is -0.384. The number of methoxy groups -OCH3 is 1. The molecule has 0 amide bonds. The maximum Gasteiger partial charge on any atom is 0.296 e. The van der Waals surface area contributed by atoms with Crippen LogP contribution in [0.5, 0.6) is 5.75 Å². The SMILES string of the molecule is COc1ccc(N2CCSC2=N)c([N+](=O)[O-])c1. The van der Waals surface area contributed by atoms with Crippen LogP contribution >= 0.6 is 11.8 Å². The first kappa shape index (κ1) is 11.7. The first-order valence-corrected chi connectivity index (χ1v) is 5.93. The molecule has 1 aromatic carbocycles. The number of ether oxygens (including phenoxy) is 1. The zero-order valence-electron chi connectivity index (χ0n) is 9.17. The van der Waals surface area contributed by atoms with Gasteiger partial charge in [-0.25, -0.2) is 0 Å². The monoisotopic (exact) mass is 253 g/mol. The number of rotatable bonds is 3. The highest BCUT2D eigenvalue weighted by atomic mass is 32.2. The van der Waals surface area contributed by atoms with Crippen LogP contribution in [0.2, 0.25) is 0 Å². The van der Waals surface area contributed by atoms with Crippen molar-refractivity contribution in [2.24, 2.45) is 0 Å². The molecule has 0 radical (unpaired) electrons. The third-order valence-corrected chi connectivity index (χ3v) is 3.35.